The van der Waals surface area contributed by atoms with Gasteiger partial charge in [-0.3, -0.25) is 0 Å². The Morgan fingerprint density at radius 1 is 1.38 bits per heavy atom. The monoisotopic (exact) mass is 331 g/mol. The van der Waals surface area contributed by atoms with Crippen LogP contribution in [0, 0.1) is 0 Å². The van der Waals surface area contributed by atoms with Gasteiger partial charge in [0.1, 0.15) is 4.21 Å². The van der Waals surface area contributed by atoms with Crippen LogP contribution in [-0.4, -0.2) is 56.4 Å². The molecule has 1 aromatic heterocycles. The van der Waals surface area contributed by atoms with Crippen molar-refractivity contribution in [2.75, 3.05) is 26.7 Å². The maximum atomic E-state index is 12.7. The Balaban J connectivity index is 2.09. The van der Waals surface area contributed by atoms with E-state index >= 15 is 0 Å². The predicted octanol–water partition coefficient (Wildman–Crippen LogP) is 1.57. The number of rotatable bonds is 5. The molecule has 2 rings (SSSR count). The molecule has 2 heterocycles. The van der Waals surface area contributed by atoms with Crippen molar-refractivity contribution in [3.63, 3.8) is 0 Å². The van der Waals surface area contributed by atoms with Gasteiger partial charge in [-0.05, 0) is 26.1 Å². The molecule has 0 spiro atoms. The molecule has 21 heavy (non-hydrogen) atoms. The molecule has 1 fully saturated rings. The van der Waals surface area contributed by atoms with E-state index in [-0.39, 0.29) is 6.04 Å². The summed E-state index contributed by atoms with van der Waals surface area (Å²) in [6, 6.07) is 4.30. The molecular formula is C14H25N3O2S2. The van der Waals surface area contributed by atoms with Crippen LogP contribution in [0.3, 0.4) is 0 Å². The molecule has 5 nitrogen and oxygen atoms in total. The molecular weight excluding hydrogens is 306 g/mol. The molecule has 1 aliphatic rings. The average molecular weight is 332 g/mol. The van der Waals surface area contributed by atoms with Crippen molar-refractivity contribution < 1.29 is 8.42 Å². The summed E-state index contributed by atoms with van der Waals surface area (Å²) < 4.78 is 27.4. The first-order valence-corrected chi connectivity index (χ1v) is 9.59. The number of nitrogens with one attached hydrogen (secondary N) is 1. The fourth-order valence-electron chi connectivity index (χ4n) is 2.26. The maximum Gasteiger partial charge on any atom is 0.252 e. The summed E-state index contributed by atoms with van der Waals surface area (Å²) in [5.74, 6) is 0. The molecule has 1 aliphatic heterocycles. The molecule has 0 aliphatic carbocycles. The lowest BCUT2D eigenvalue weighted by molar-refractivity contribution is 0.160. The van der Waals surface area contributed by atoms with Gasteiger partial charge in [0, 0.05) is 43.1 Å². The molecule has 1 unspecified atom stereocenters. The number of likely N-dealkylation sites (N-methyl/N-ethyl adjacent to an activating group) is 1. The topological polar surface area (TPSA) is 52.7 Å². The van der Waals surface area contributed by atoms with Crippen molar-refractivity contribution in [3.8, 4) is 0 Å². The first kappa shape index (κ1) is 16.9. The fourth-order valence-corrected chi connectivity index (χ4v) is 5.23. The van der Waals surface area contributed by atoms with E-state index in [0.29, 0.717) is 23.3 Å². The highest BCUT2D eigenvalue weighted by molar-refractivity contribution is 7.91. The lowest BCUT2D eigenvalue weighted by Crippen LogP contribution is -2.51. The summed E-state index contributed by atoms with van der Waals surface area (Å²) in [6.45, 7) is 8.86. The van der Waals surface area contributed by atoms with Gasteiger partial charge in [0.15, 0.2) is 0 Å². The fraction of sp³-hybridized carbons (Fsp3) is 0.714. The summed E-state index contributed by atoms with van der Waals surface area (Å²) in [5, 5.41) is 3.31. The van der Waals surface area contributed by atoms with Crippen LogP contribution in [0.1, 0.15) is 25.6 Å². The van der Waals surface area contributed by atoms with Gasteiger partial charge in [-0.15, -0.1) is 11.3 Å². The van der Waals surface area contributed by atoms with Crippen molar-refractivity contribution in [2.45, 2.75) is 43.6 Å². The van der Waals surface area contributed by atoms with E-state index in [1.165, 1.54) is 11.3 Å². The standard InChI is InChI=1S/C14H25N3O2S2/c1-11(2)15-9-13-5-6-14(20-13)21(18,19)17-8-7-16(4)12(3)10-17/h5-6,11-12,15H,7-10H2,1-4H3. The zero-order valence-corrected chi connectivity index (χ0v) is 14.8. The van der Waals surface area contributed by atoms with Gasteiger partial charge in [-0.25, -0.2) is 8.42 Å². The van der Waals surface area contributed by atoms with E-state index in [2.05, 4.69) is 31.0 Å². The smallest absolute Gasteiger partial charge is 0.252 e. The van der Waals surface area contributed by atoms with Crippen molar-refractivity contribution in [2.24, 2.45) is 0 Å². The quantitative estimate of drug-likeness (QED) is 0.890. The number of thiophene rings is 1. The molecule has 0 saturated carbocycles. The van der Waals surface area contributed by atoms with Crippen LogP contribution in [-0.2, 0) is 16.6 Å². The molecule has 1 N–H and O–H groups in total. The third-order valence-electron chi connectivity index (χ3n) is 3.84. The van der Waals surface area contributed by atoms with Gasteiger partial charge in [0.2, 0.25) is 0 Å². The van der Waals surface area contributed by atoms with Crippen molar-refractivity contribution in [1.29, 1.82) is 0 Å². The second-order valence-corrected chi connectivity index (χ2v) is 9.28. The number of sulfonamides is 1. The van der Waals surface area contributed by atoms with E-state index in [9.17, 15) is 8.42 Å². The lowest BCUT2D eigenvalue weighted by Gasteiger charge is -2.36. The zero-order valence-electron chi connectivity index (χ0n) is 13.2. The van der Waals surface area contributed by atoms with E-state index in [1.54, 1.807) is 10.4 Å². The molecule has 7 heteroatoms. The van der Waals surface area contributed by atoms with Gasteiger partial charge in [0.25, 0.3) is 10.0 Å². The van der Waals surface area contributed by atoms with Crippen LogP contribution in [0.5, 0.6) is 0 Å². The Kier molecular flexibility index (Phi) is 5.43. The third-order valence-corrected chi connectivity index (χ3v) is 7.26. The Bertz CT molecular complexity index is 569. The molecule has 0 amide bonds. The number of hydrogen-bond acceptors (Lipinski definition) is 5. The highest BCUT2D eigenvalue weighted by atomic mass is 32.2. The number of nitrogens with zero attached hydrogens (tertiary/aromatic N) is 2. The van der Waals surface area contributed by atoms with Crippen molar-refractivity contribution >= 4 is 21.4 Å². The summed E-state index contributed by atoms with van der Waals surface area (Å²) in [6.07, 6.45) is 0. The Morgan fingerprint density at radius 2 is 2.10 bits per heavy atom. The Labute approximate surface area is 132 Å². The second kappa shape index (κ2) is 6.75. The second-order valence-electron chi connectivity index (χ2n) is 5.95. The molecule has 1 atom stereocenters. The first-order valence-electron chi connectivity index (χ1n) is 7.33. The van der Waals surface area contributed by atoms with Crippen LogP contribution in [0.4, 0.5) is 0 Å². The SMILES string of the molecule is CC(C)NCc1ccc(S(=O)(=O)N2CCN(C)C(C)C2)s1. The minimum atomic E-state index is -3.34. The van der Waals surface area contributed by atoms with E-state index < -0.39 is 10.0 Å². The zero-order chi connectivity index (χ0) is 15.6. The minimum Gasteiger partial charge on any atom is -0.310 e. The largest absolute Gasteiger partial charge is 0.310 e. The molecule has 0 radical (unpaired) electrons. The van der Waals surface area contributed by atoms with Crippen molar-refractivity contribution in [3.05, 3.63) is 17.0 Å². The summed E-state index contributed by atoms with van der Waals surface area (Å²) >= 11 is 1.37. The van der Waals surface area contributed by atoms with Gasteiger partial charge >= 0.3 is 0 Å². The van der Waals surface area contributed by atoms with Crippen LogP contribution in [0.2, 0.25) is 0 Å². The van der Waals surface area contributed by atoms with Crippen LogP contribution >= 0.6 is 11.3 Å². The third kappa shape index (κ3) is 4.04. The van der Waals surface area contributed by atoms with Gasteiger partial charge < -0.3 is 10.2 Å². The van der Waals surface area contributed by atoms with Gasteiger partial charge in [-0.2, -0.15) is 4.31 Å². The van der Waals surface area contributed by atoms with Gasteiger partial charge in [-0.1, -0.05) is 13.8 Å². The summed E-state index contributed by atoms with van der Waals surface area (Å²) in [4.78, 5) is 3.25. The average Bonchev–Trinajstić information content (AvgIpc) is 2.89. The molecule has 1 saturated heterocycles. The summed E-state index contributed by atoms with van der Waals surface area (Å²) in [5.41, 5.74) is 0. The number of hydrogen-bond donors (Lipinski definition) is 1. The molecule has 0 bridgehead atoms. The Morgan fingerprint density at radius 3 is 2.71 bits per heavy atom. The first-order chi connectivity index (χ1) is 9.80. The highest BCUT2D eigenvalue weighted by Crippen LogP contribution is 2.26. The van der Waals surface area contributed by atoms with Crippen LogP contribution in [0.15, 0.2) is 16.3 Å². The minimum absolute atomic E-state index is 0.260. The maximum absolute atomic E-state index is 12.7. The molecule has 120 valence electrons. The lowest BCUT2D eigenvalue weighted by atomic mass is 10.2. The predicted molar refractivity (Wildman–Crippen MR) is 87.1 cm³/mol. The molecule has 0 aromatic carbocycles. The van der Waals surface area contributed by atoms with E-state index in [0.717, 1.165) is 18.0 Å². The summed E-state index contributed by atoms with van der Waals surface area (Å²) in [7, 11) is -1.30. The van der Waals surface area contributed by atoms with E-state index in [1.807, 2.05) is 13.1 Å². The van der Waals surface area contributed by atoms with Crippen molar-refractivity contribution in [1.82, 2.24) is 14.5 Å². The number of piperazine rings is 1. The van der Waals surface area contributed by atoms with Crippen LogP contribution < -0.4 is 5.32 Å². The molecule has 1 aromatic rings. The van der Waals surface area contributed by atoms with E-state index in [4.69, 9.17) is 0 Å². The van der Waals surface area contributed by atoms with Crippen LogP contribution in [0.25, 0.3) is 0 Å². The Hall–Kier alpha value is -0.470. The highest BCUT2D eigenvalue weighted by Gasteiger charge is 2.31. The van der Waals surface area contributed by atoms with Gasteiger partial charge in [0.05, 0.1) is 0 Å². The normalized spacial score (nSPS) is 22.0.